The van der Waals surface area contributed by atoms with E-state index < -0.39 is 28.6 Å². The second-order valence-electron chi connectivity index (χ2n) is 4.18. The molecule has 1 atom stereocenters. The van der Waals surface area contributed by atoms with Gasteiger partial charge in [-0.3, -0.25) is 0 Å². The SMILES string of the molecule is Cc1ccc(F)c(C(Cl)c2cc(F)c(F)cc2F)c1. The van der Waals surface area contributed by atoms with E-state index in [1.165, 1.54) is 18.2 Å². The van der Waals surface area contributed by atoms with Crippen molar-refractivity contribution >= 4 is 11.6 Å². The van der Waals surface area contributed by atoms with Gasteiger partial charge in [0.05, 0.1) is 5.38 Å². The van der Waals surface area contributed by atoms with Crippen LogP contribution in [0.5, 0.6) is 0 Å². The Morgan fingerprint density at radius 1 is 0.789 bits per heavy atom. The molecule has 0 nitrogen and oxygen atoms in total. The highest BCUT2D eigenvalue weighted by molar-refractivity contribution is 6.22. The quantitative estimate of drug-likeness (QED) is 0.420. The molecule has 2 aromatic rings. The molecule has 0 aliphatic carbocycles. The maximum absolute atomic E-state index is 13.6. The molecule has 0 N–H and O–H groups in total. The van der Waals surface area contributed by atoms with Crippen molar-refractivity contribution in [3.05, 3.63) is 70.3 Å². The molecule has 0 bridgehead atoms. The first kappa shape index (κ1) is 13.9. The molecular weight excluding hydrogens is 280 g/mol. The van der Waals surface area contributed by atoms with E-state index in [9.17, 15) is 17.6 Å². The first-order valence-corrected chi connectivity index (χ1v) is 5.88. The Hall–Kier alpha value is -1.55. The molecule has 5 heteroatoms. The fourth-order valence-electron chi connectivity index (χ4n) is 1.76. The lowest BCUT2D eigenvalue weighted by Gasteiger charge is -2.13. The molecular formula is C14H9ClF4. The first-order valence-electron chi connectivity index (χ1n) is 5.44. The minimum Gasteiger partial charge on any atom is -0.207 e. The second-order valence-corrected chi connectivity index (χ2v) is 4.61. The smallest absolute Gasteiger partial charge is 0.161 e. The standard InChI is InChI=1S/C14H9ClF4/c1-7-2-3-10(16)8(4-7)14(15)9-5-12(18)13(19)6-11(9)17/h2-6,14H,1H3. The molecule has 0 aliphatic rings. The van der Waals surface area contributed by atoms with Crippen LogP contribution in [0.3, 0.4) is 0 Å². The fourth-order valence-corrected chi connectivity index (χ4v) is 2.09. The van der Waals surface area contributed by atoms with E-state index in [4.69, 9.17) is 11.6 Å². The van der Waals surface area contributed by atoms with Crippen molar-refractivity contribution in [3.8, 4) is 0 Å². The average molecular weight is 289 g/mol. The minimum atomic E-state index is -1.31. The van der Waals surface area contributed by atoms with Gasteiger partial charge in [-0.1, -0.05) is 17.7 Å². The van der Waals surface area contributed by atoms with Crippen LogP contribution in [-0.2, 0) is 0 Å². The summed E-state index contributed by atoms with van der Waals surface area (Å²) in [6.45, 7) is 1.72. The molecule has 0 fully saturated rings. The third-order valence-corrected chi connectivity index (χ3v) is 3.21. The van der Waals surface area contributed by atoms with Crippen LogP contribution < -0.4 is 0 Å². The third-order valence-electron chi connectivity index (χ3n) is 2.74. The van der Waals surface area contributed by atoms with Crippen molar-refractivity contribution in [2.75, 3.05) is 0 Å². The Morgan fingerprint density at radius 3 is 2.05 bits per heavy atom. The Bertz CT molecular complexity index is 625. The van der Waals surface area contributed by atoms with Gasteiger partial charge in [0.25, 0.3) is 0 Å². The summed E-state index contributed by atoms with van der Waals surface area (Å²) in [6.07, 6.45) is 0. The molecule has 1 unspecified atom stereocenters. The molecule has 2 aromatic carbocycles. The van der Waals surface area contributed by atoms with Crippen LogP contribution in [0.15, 0.2) is 30.3 Å². The van der Waals surface area contributed by atoms with Gasteiger partial charge in [0, 0.05) is 17.2 Å². The first-order chi connectivity index (χ1) is 8.90. The Kier molecular flexibility index (Phi) is 3.80. The number of aryl methyl sites for hydroxylation is 1. The van der Waals surface area contributed by atoms with Crippen LogP contribution in [0.4, 0.5) is 17.6 Å². The summed E-state index contributed by atoms with van der Waals surface area (Å²) in [6, 6.07) is 5.20. The monoisotopic (exact) mass is 288 g/mol. The van der Waals surface area contributed by atoms with Gasteiger partial charge < -0.3 is 0 Å². The predicted octanol–water partition coefficient (Wildman–Crippen LogP) is 4.88. The van der Waals surface area contributed by atoms with Gasteiger partial charge in [-0.05, 0) is 19.1 Å². The molecule has 0 aromatic heterocycles. The number of benzene rings is 2. The summed E-state index contributed by atoms with van der Waals surface area (Å²) in [4.78, 5) is 0. The molecule has 2 rings (SSSR count). The Balaban J connectivity index is 2.52. The summed E-state index contributed by atoms with van der Waals surface area (Å²) < 4.78 is 53.2. The summed E-state index contributed by atoms with van der Waals surface area (Å²) in [5.74, 6) is -4.18. The van der Waals surface area contributed by atoms with E-state index in [1.807, 2.05) is 0 Å². The Morgan fingerprint density at radius 2 is 1.37 bits per heavy atom. The molecule has 0 amide bonds. The third kappa shape index (κ3) is 2.73. The van der Waals surface area contributed by atoms with Crippen molar-refractivity contribution in [2.45, 2.75) is 12.3 Å². The topological polar surface area (TPSA) is 0 Å². The highest BCUT2D eigenvalue weighted by Crippen LogP contribution is 2.33. The predicted molar refractivity (Wildman–Crippen MR) is 65.1 cm³/mol. The van der Waals surface area contributed by atoms with E-state index in [0.717, 1.165) is 5.56 Å². The normalized spacial score (nSPS) is 12.5. The zero-order chi connectivity index (χ0) is 14.2. The minimum absolute atomic E-state index is 0.0200. The molecule has 0 heterocycles. The van der Waals surface area contributed by atoms with Gasteiger partial charge in [-0.25, -0.2) is 17.6 Å². The van der Waals surface area contributed by atoms with Crippen LogP contribution in [0.25, 0.3) is 0 Å². The van der Waals surface area contributed by atoms with Crippen molar-refractivity contribution in [2.24, 2.45) is 0 Å². The van der Waals surface area contributed by atoms with Crippen LogP contribution in [0.2, 0.25) is 0 Å². The molecule has 0 aliphatic heterocycles. The van der Waals surface area contributed by atoms with Crippen LogP contribution in [0.1, 0.15) is 22.1 Å². The highest BCUT2D eigenvalue weighted by atomic mass is 35.5. The summed E-state index contributed by atoms with van der Waals surface area (Å²) in [7, 11) is 0. The molecule has 0 saturated heterocycles. The van der Waals surface area contributed by atoms with Gasteiger partial charge in [0.15, 0.2) is 11.6 Å². The van der Waals surface area contributed by atoms with Gasteiger partial charge in [0.2, 0.25) is 0 Å². The molecule has 19 heavy (non-hydrogen) atoms. The average Bonchev–Trinajstić information content (AvgIpc) is 2.36. The molecule has 100 valence electrons. The fraction of sp³-hybridized carbons (Fsp3) is 0.143. The number of alkyl halides is 1. The second kappa shape index (κ2) is 5.21. The lowest BCUT2D eigenvalue weighted by Crippen LogP contribution is -2.02. The molecule has 0 saturated carbocycles. The van der Waals surface area contributed by atoms with Crippen LogP contribution in [0, 0.1) is 30.2 Å². The summed E-state index contributed by atoms with van der Waals surface area (Å²) in [5, 5.41) is -1.23. The van der Waals surface area contributed by atoms with E-state index in [0.29, 0.717) is 12.1 Å². The van der Waals surface area contributed by atoms with Gasteiger partial charge in [-0.2, -0.15) is 0 Å². The lowest BCUT2D eigenvalue weighted by molar-refractivity contribution is 0.490. The van der Waals surface area contributed by atoms with Crippen molar-refractivity contribution < 1.29 is 17.6 Å². The largest absolute Gasteiger partial charge is 0.207 e. The molecule has 0 spiro atoms. The maximum atomic E-state index is 13.6. The van der Waals surface area contributed by atoms with Crippen molar-refractivity contribution in [1.29, 1.82) is 0 Å². The number of hydrogen-bond donors (Lipinski definition) is 0. The number of halogens is 5. The highest BCUT2D eigenvalue weighted by Gasteiger charge is 2.21. The maximum Gasteiger partial charge on any atom is 0.161 e. The van der Waals surface area contributed by atoms with Gasteiger partial charge in [0.1, 0.15) is 11.6 Å². The molecule has 0 radical (unpaired) electrons. The van der Waals surface area contributed by atoms with Crippen molar-refractivity contribution in [1.82, 2.24) is 0 Å². The van der Waals surface area contributed by atoms with Crippen molar-refractivity contribution in [3.63, 3.8) is 0 Å². The van der Waals surface area contributed by atoms with Crippen LogP contribution in [-0.4, -0.2) is 0 Å². The van der Waals surface area contributed by atoms with E-state index in [2.05, 4.69) is 0 Å². The van der Waals surface area contributed by atoms with Gasteiger partial charge in [-0.15, -0.1) is 11.6 Å². The Labute approximate surface area is 112 Å². The zero-order valence-corrected chi connectivity index (χ0v) is 10.6. The summed E-state index contributed by atoms with van der Waals surface area (Å²) >= 11 is 5.97. The number of hydrogen-bond acceptors (Lipinski definition) is 0. The van der Waals surface area contributed by atoms with E-state index >= 15 is 0 Å². The zero-order valence-electron chi connectivity index (χ0n) is 9.85. The van der Waals surface area contributed by atoms with Gasteiger partial charge >= 0.3 is 0 Å². The number of rotatable bonds is 2. The lowest BCUT2D eigenvalue weighted by atomic mass is 10.0. The van der Waals surface area contributed by atoms with E-state index in [-0.39, 0.29) is 11.1 Å². The van der Waals surface area contributed by atoms with Crippen LogP contribution >= 0.6 is 11.6 Å². The summed E-state index contributed by atoms with van der Waals surface area (Å²) in [5.41, 5.74) is 0.446. The van der Waals surface area contributed by atoms with E-state index in [1.54, 1.807) is 6.92 Å².